The number of nitrogens with zero attached hydrogens (tertiary/aromatic N) is 2. The topological polar surface area (TPSA) is 164 Å². The highest BCUT2D eigenvalue weighted by Crippen LogP contribution is 2.36. The SMILES string of the molecule is C.C.CCOCc1coc(-c2cc(Cl)ccc2O)n1.CCOCc1coc(-c2cc(Cl)ccc2OC(C(=O)O)c2ccc(Cl)cc2)n1.COC(=O)C(Br)c1ccc(Cl)cc1. The number of carbonyl (C=O) groups excluding carboxylic acids is 1. The normalized spacial score (nSPS) is 11.3. The number of oxazole rings is 2. The highest BCUT2D eigenvalue weighted by molar-refractivity contribution is 9.09. The Balaban J connectivity index is 0.000000332. The highest BCUT2D eigenvalue weighted by atomic mass is 79.9. The van der Waals surface area contributed by atoms with Crippen LogP contribution >= 0.6 is 62.3 Å². The molecule has 2 atom stereocenters. The Morgan fingerprint density at radius 3 is 1.63 bits per heavy atom. The summed E-state index contributed by atoms with van der Waals surface area (Å²) in [6, 6.07) is 22.9. The maximum atomic E-state index is 11.8. The first-order valence-corrected chi connectivity index (χ1v) is 19.7. The second-order valence-corrected chi connectivity index (χ2v) is 14.4. The van der Waals surface area contributed by atoms with E-state index in [2.05, 4.69) is 30.6 Å². The molecule has 6 aromatic rings. The van der Waals surface area contributed by atoms with Gasteiger partial charge in [0.15, 0.2) is 0 Å². The van der Waals surface area contributed by atoms with Gasteiger partial charge >= 0.3 is 11.9 Å². The largest absolute Gasteiger partial charge is 0.507 e. The molecule has 0 aliphatic carbocycles. The zero-order valence-electron chi connectivity index (χ0n) is 31.2. The van der Waals surface area contributed by atoms with Crippen molar-refractivity contribution in [3.05, 3.63) is 140 Å². The number of methoxy groups -OCH3 is 1. The van der Waals surface area contributed by atoms with E-state index in [0.717, 1.165) is 5.56 Å². The number of carboxylic acids is 1. The van der Waals surface area contributed by atoms with Crippen molar-refractivity contribution in [3.8, 4) is 34.4 Å². The number of halogens is 5. The van der Waals surface area contributed by atoms with Gasteiger partial charge in [-0.15, -0.1) is 0 Å². The minimum atomic E-state index is -1.24. The minimum Gasteiger partial charge on any atom is -0.507 e. The molecule has 60 heavy (non-hydrogen) atoms. The van der Waals surface area contributed by atoms with Crippen LogP contribution in [0.2, 0.25) is 20.1 Å². The van der Waals surface area contributed by atoms with Crippen molar-refractivity contribution in [2.75, 3.05) is 20.3 Å². The molecule has 0 spiro atoms. The zero-order chi connectivity index (χ0) is 42.2. The number of benzene rings is 4. The molecule has 0 saturated carbocycles. The number of hydrogen-bond acceptors (Lipinski definition) is 11. The van der Waals surface area contributed by atoms with Crippen LogP contribution in [0.3, 0.4) is 0 Å². The lowest BCUT2D eigenvalue weighted by molar-refractivity contribution is -0.145. The summed E-state index contributed by atoms with van der Waals surface area (Å²) in [4.78, 5) is 31.0. The average Bonchev–Trinajstić information content (AvgIpc) is 3.90. The summed E-state index contributed by atoms with van der Waals surface area (Å²) in [5, 5.41) is 21.4. The van der Waals surface area contributed by atoms with E-state index in [1.54, 1.807) is 78.9 Å². The Hall–Kier alpha value is -4.60. The van der Waals surface area contributed by atoms with E-state index in [9.17, 15) is 19.8 Å². The van der Waals surface area contributed by atoms with Crippen LogP contribution in [0.15, 0.2) is 106 Å². The van der Waals surface area contributed by atoms with Crippen LogP contribution < -0.4 is 4.74 Å². The molecule has 2 aromatic heterocycles. The number of carbonyl (C=O) groups is 2. The Bertz CT molecular complexity index is 2230. The molecule has 0 aliphatic rings. The first-order chi connectivity index (χ1) is 27.8. The molecule has 0 saturated heterocycles. The van der Waals surface area contributed by atoms with E-state index in [0.29, 0.717) is 80.5 Å². The summed E-state index contributed by atoms with van der Waals surface area (Å²) < 4.78 is 31.7. The Kier molecular flexibility index (Phi) is 22.2. The average molecular weight is 972 g/mol. The van der Waals surface area contributed by atoms with Crippen LogP contribution in [0.25, 0.3) is 22.9 Å². The van der Waals surface area contributed by atoms with Crippen molar-refractivity contribution < 1.29 is 47.6 Å². The van der Waals surface area contributed by atoms with Gasteiger partial charge in [0.25, 0.3) is 0 Å². The van der Waals surface area contributed by atoms with E-state index in [1.165, 1.54) is 25.7 Å². The molecule has 0 fully saturated rings. The molecule has 0 amide bonds. The van der Waals surface area contributed by atoms with Crippen LogP contribution in [0.4, 0.5) is 0 Å². The number of alkyl halides is 1. The number of aliphatic carboxylic acids is 1. The molecule has 17 heteroatoms. The van der Waals surface area contributed by atoms with E-state index >= 15 is 0 Å². The van der Waals surface area contributed by atoms with Gasteiger partial charge in [-0.1, -0.05) is 101 Å². The molecular weight excluding hydrogens is 926 g/mol. The lowest BCUT2D eigenvalue weighted by atomic mass is 10.1. The van der Waals surface area contributed by atoms with Crippen LogP contribution in [-0.2, 0) is 37.0 Å². The third kappa shape index (κ3) is 15.5. The molecule has 2 unspecified atom stereocenters. The van der Waals surface area contributed by atoms with E-state index in [-0.39, 0.29) is 38.2 Å². The second kappa shape index (κ2) is 25.9. The molecule has 6 rings (SSSR count). The summed E-state index contributed by atoms with van der Waals surface area (Å²) >= 11 is 26.8. The van der Waals surface area contributed by atoms with Crippen molar-refractivity contribution in [2.24, 2.45) is 0 Å². The number of aromatic hydroxyl groups is 1. The summed E-state index contributed by atoms with van der Waals surface area (Å²) in [7, 11) is 1.35. The number of phenols is 1. The lowest BCUT2D eigenvalue weighted by Crippen LogP contribution is -2.18. The lowest BCUT2D eigenvalue weighted by Gasteiger charge is -2.17. The second-order valence-electron chi connectivity index (χ2n) is 11.7. The van der Waals surface area contributed by atoms with Crippen LogP contribution in [-0.4, -0.2) is 52.4 Å². The summed E-state index contributed by atoms with van der Waals surface area (Å²) in [6.07, 6.45) is 1.74. The quantitative estimate of drug-likeness (QED) is 0.0785. The van der Waals surface area contributed by atoms with Crippen LogP contribution in [0.5, 0.6) is 11.5 Å². The number of rotatable bonds is 14. The maximum absolute atomic E-state index is 11.8. The number of esters is 1. The Morgan fingerprint density at radius 1 is 0.700 bits per heavy atom. The molecule has 2 heterocycles. The van der Waals surface area contributed by atoms with E-state index in [4.69, 9.17) is 69.4 Å². The third-order valence-corrected chi connectivity index (χ3v) is 9.46. The molecule has 0 aliphatic heterocycles. The van der Waals surface area contributed by atoms with Crippen LogP contribution in [0, 0.1) is 0 Å². The molecular formula is C43H45BrCl4N2O10. The minimum absolute atomic E-state index is 0. The van der Waals surface area contributed by atoms with Crippen molar-refractivity contribution in [1.82, 2.24) is 9.97 Å². The van der Waals surface area contributed by atoms with Crippen molar-refractivity contribution in [1.29, 1.82) is 0 Å². The van der Waals surface area contributed by atoms with Crippen molar-refractivity contribution in [3.63, 3.8) is 0 Å². The molecule has 4 aromatic carbocycles. The molecule has 0 bridgehead atoms. The first-order valence-electron chi connectivity index (χ1n) is 17.3. The fraction of sp³-hybridized carbons (Fsp3) is 0.256. The molecule has 0 radical (unpaired) electrons. The van der Waals surface area contributed by atoms with Crippen LogP contribution in [0.1, 0.15) is 62.1 Å². The number of aromatic nitrogens is 2. The van der Waals surface area contributed by atoms with Gasteiger partial charge in [0, 0.05) is 38.9 Å². The third-order valence-electron chi connectivity index (χ3n) is 7.59. The van der Waals surface area contributed by atoms with E-state index in [1.807, 2.05) is 13.8 Å². The van der Waals surface area contributed by atoms with Gasteiger partial charge in [-0.3, -0.25) is 4.79 Å². The number of hydrogen-bond donors (Lipinski definition) is 2. The zero-order valence-corrected chi connectivity index (χ0v) is 35.8. The fourth-order valence-corrected chi connectivity index (χ4v) is 5.84. The van der Waals surface area contributed by atoms with Gasteiger partial charge in [0.1, 0.15) is 40.2 Å². The summed E-state index contributed by atoms with van der Waals surface area (Å²) in [6.45, 7) is 5.65. The monoisotopic (exact) mass is 968 g/mol. The van der Waals surface area contributed by atoms with E-state index < -0.39 is 16.9 Å². The van der Waals surface area contributed by atoms with Gasteiger partial charge in [0.2, 0.25) is 17.9 Å². The van der Waals surface area contributed by atoms with Gasteiger partial charge in [-0.2, -0.15) is 0 Å². The van der Waals surface area contributed by atoms with Gasteiger partial charge < -0.3 is 38.0 Å². The molecule has 2 N–H and O–H groups in total. The number of phenolic OH excluding ortho intramolecular Hbond substituents is 1. The van der Waals surface area contributed by atoms with Gasteiger partial charge in [-0.05, 0) is 80.1 Å². The predicted octanol–water partition coefficient (Wildman–Crippen LogP) is 12.8. The van der Waals surface area contributed by atoms with Gasteiger partial charge in [-0.25, -0.2) is 14.8 Å². The Labute approximate surface area is 377 Å². The predicted molar refractivity (Wildman–Crippen MR) is 237 cm³/mol. The smallest absolute Gasteiger partial charge is 0.349 e. The summed E-state index contributed by atoms with van der Waals surface area (Å²) in [5.74, 6) is -0.516. The number of ether oxygens (including phenoxy) is 4. The first kappa shape index (κ1) is 51.5. The van der Waals surface area contributed by atoms with Crippen molar-refractivity contribution in [2.45, 2.75) is 52.8 Å². The Morgan fingerprint density at radius 2 is 1.15 bits per heavy atom. The highest BCUT2D eigenvalue weighted by Gasteiger charge is 2.25. The molecule has 12 nitrogen and oxygen atoms in total. The summed E-state index contributed by atoms with van der Waals surface area (Å²) in [5.41, 5.74) is 3.48. The number of carboxylic acid groups (broad SMARTS) is 1. The maximum Gasteiger partial charge on any atom is 0.349 e. The molecule has 322 valence electrons. The van der Waals surface area contributed by atoms with Gasteiger partial charge in [0.05, 0.1) is 31.5 Å². The standard InChI is InChI=1S/C20H17Cl2NO5.C12H12ClNO3.C9H8BrClO2.2CH4/c1-2-26-10-15-11-27-19(23-15)16-9-14(22)7-8-17(16)28-18(20(24)25)12-3-5-13(21)6-4-12;1-2-16-6-9-7-17-12(14-9)10-5-8(13)3-4-11(10)15;1-13-9(12)8(10)6-2-4-7(11)5-3-6;;/h3-9,11,18H,2,10H2,1H3,(H,24,25);3-5,7,15H,2,6H2,1H3;2-5,8H,1H3;2*1H4. The fourth-order valence-electron chi connectivity index (χ4n) is 4.76. The van der Waals surface area contributed by atoms with Crippen molar-refractivity contribution >= 4 is 74.3 Å².